The van der Waals surface area contributed by atoms with Crippen molar-refractivity contribution in [2.45, 2.75) is 0 Å². The quantitative estimate of drug-likeness (QED) is 0.795. The average Bonchev–Trinajstić information content (AvgIpc) is 2.32. The molecule has 0 bridgehead atoms. The molecule has 0 unspecified atom stereocenters. The maximum absolute atomic E-state index is 11.9. The molecule has 0 aliphatic carbocycles. The summed E-state index contributed by atoms with van der Waals surface area (Å²) < 4.78 is 15.2. The van der Waals surface area contributed by atoms with Crippen LogP contribution < -0.4 is 5.32 Å². The molecule has 2 nitrogen and oxygen atoms in total. The van der Waals surface area contributed by atoms with Crippen LogP contribution >= 0.6 is 0 Å². The van der Waals surface area contributed by atoms with Gasteiger partial charge in [-0.15, -0.1) is 0 Å². The molecule has 2 rings (SSSR count). The van der Waals surface area contributed by atoms with Gasteiger partial charge in [0, 0.05) is 11.3 Å². The van der Waals surface area contributed by atoms with E-state index < -0.39 is 0 Å². The lowest BCUT2D eigenvalue weighted by molar-refractivity contribution is 0.102. The molecule has 1 N–H and O–H groups in total. The highest BCUT2D eigenvalue weighted by Crippen LogP contribution is 2.07. The Morgan fingerprint density at radius 2 is 1.73 bits per heavy atom. The fourth-order valence-electron chi connectivity index (χ4n) is 1.20. The van der Waals surface area contributed by atoms with E-state index in [1.165, 1.54) is 0 Å². The fraction of sp³-hybridized carbons (Fsp3) is 0. The molecule has 0 aromatic heterocycles. The molecule has 15 heavy (non-hydrogen) atoms. The van der Waals surface area contributed by atoms with Crippen LogP contribution in [0.2, 0.25) is 0 Å². The molecule has 0 radical (unpaired) electrons. The Morgan fingerprint density at radius 3 is 2.47 bits per heavy atom. The summed E-state index contributed by atoms with van der Waals surface area (Å²) in [5.74, 6) is -0.365. The highest BCUT2D eigenvalue weighted by Gasteiger charge is 2.03. The molecule has 2 aromatic rings. The molecule has 0 heterocycles. The second-order valence-corrected chi connectivity index (χ2v) is 3.01. The summed E-state index contributed by atoms with van der Waals surface area (Å²) in [5.41, 5.74) is 0.747. The van der Waals surface area contributed by atoms with Crippen molar-refractivity contribution in [2.24, 2.45) is 0 Å². The van der Waals surface area contributed by atoms with Gasteiger partial charge in [-0.3, -0.25) is 4.79 Å². The number of amides is 1. The molecule has 0 fully saturated rings. The number of anilines is 1. The third kappa shape index (κ3) is 2.44. The zero-order valence-electron chi connectivity index (χ0n) is 10.0. The predicted molar refractivity (Wildman–Crippen MR) is 60.8 cm³/mol. The lowest BCUT2D eigenvalue weighted by atomic mass is 10.2. The highest BCUT2D eigenvalue weighted by atomic mass is 16.1. The smallest absolute Gasteiger partial charge is 0.255 e. The number of nitrogens with one attached hydrogen (secondary N) is 1. The standard InChI is InChI=1S/C13H11NO/c15-13(11-7-3-1-4-8-11)14-12-9-5-2-6-10-12/h1-10H,(H,14,15)/i7T,9T. The van der Waals surface area contributed by atoms with Gasteiger partial charge >= 0.3 is 0 Å². The van der Waals surface area contributed by atoms with Crippen molar-refractivity contribution in [3.63, 3.8) is 0 Å². The van der Waals surface area contributed by atoms with Crippen LogP contribution in [0, 0.1) is 0 Å². The summed E-state index contributed by atoms with van der Waals surface area (Å²) in [6.45, 7) is 0. The summed E-state index contributed by atoms with van der Waals surface area (Å²) in [7, 11) is 0. The van der Waals surface area contributed by atoms with E-state index in [1.807, 2.05) is 0 Å². The highest BCUT2D eigenvalue weighted by molar-refractivity contribution is 6.04. The first-order valence-corrected chi connectivity index (χ1v) is 4.61. The number of para-hydroxylation sites is 1. The zero-order chi connectivity index (χ0) is 12.3. The van der Waals surface area contributed by atoms with Crippen molar-refractivity contribution in [3.8, 4) is 0 Å². The molecule has 0 saturated heterocycles. The van der Waals surface area contributed by atoms with E-state index in [9.17, 15) is 4.79 Å². The summed E-state index contributed by atoms with van der Waals surface area (Å²) in [6, 6.07) is 13.7. The maximum Gasteiger partial charge on any atom is 0.255 e. The Bertz CT molecular complexity index is 555. The van der Waals surface area contributed by atoms with Crippen LogP contribution in [0.5, 0.6) is 0 Å². The SMILES string of the molecule is [3H]c1ccccc1NC(=O)c1ccccc1[3H]. The van der Waals surface area contributed by atoms with E-state index in [0.29, 0.717) is 11.3 Å². The first-order valence-electron chi connectivity index (χ1n) is 5.61. The van der Waals surface area contributed by atoms with Gasteiger partial charge < -0.3 is 5.32 Å². The van der Waals surface area contributed by atoms with Gasteiger partial charge in [-0.25, -0.2) is 0 Å². The Kier molecular flexibility index (Phi) is 2.13. The average molecular weight is 201 g/mol. The van der Waals surface area contributed by atoms with Crippen LogP contribution in [0.25, 0.3) is 0 Å². The monoisotopic (exact) mass is 201 g/mol. The van der Waals surface area contributed by atoms with Crippen molar-refractivity contribution < 1.29 is 7.54 Å². The van der Waals surface area contributed by atoms with Gasteiger partial charge in [-0.2, -0.15) is 0 Å². The van der Waals surface area contributed by atoms with Crippen molar-refractivity contribution in [1.82, 2.24) is 0 Å². The van der Waals surface area contributed by atoms with E-state index in [1.54, 1.807) is 48.5 Å². The normalized spacial score (nSPS) is 11.5. The maximum atomic E-state index is 11.9. The van der Waals surface area contributed by atoms with Gasteiger partial charge in [0.25, 0.3) is 5.91 Å². The molecular formula is C13H11NO. The Morgan fingerprint density at radius 1 is 1.00 bits per heavy atom. The van der Waals surface area contributed by atoms with Crippen LogP contribution in [-0.4, -0.2) is 5.91 Å². The number of carbonyl (C=O) groups is 1. The topological polar surface area (TPSA) is 29.1 Å². The Balaban J connectivity index is 2.24. The largest absolute Gasteiger partial charge is 0.322 e. The Labute approximate surface area is 91.4 Å². The number of carbonyl (C=O) groups excluding carboxylic acids is 1. The number of hydrogen-bond acceptors (Lipinski definition) is 1. The lowest BCUT2D eigenvalue weighted by Crippen LogP contribution is -2.11. The third-order valence-corrected chi connectivity index (χ3v) is 1.91. The van der Waals surface area contributed by atoms with Crippen LogP contribution in [0.4, 0.5) is 5.69 Å². The fourth-order valence-corrected chi connectivity index (χ4v) is 1.20. The van der Waals surface area contributed by atoms with Crippen LogP contribution in [0.15, 0.2) is 60.6 Å². The van der Waals surface area contributed by atoms with Crippen molar-refractivity contribution in [3.05, 3.63) is 66.2 Å². The van der Waals surface area contributed by atoms with E-state index in [4.69, 9.17) is 2.74 Å². The van der Waals surface area contributed by atoms with E-state index in [2.05, 4.69) is 5.32 Å². The minimum atomic E-state index is -0.365. The molecule has 0 saturated carbocycles. The van der Waals surface area contributed by atoms with Gasteiger partial charge in [0.15, 0.2) is 0 Å². The first kappa shape index (κ1) is 7.23. The van der Waals surface area contributed by atoms with E-state index in [-0.39, 0.29) is 18.0 Å². The van der Waals surface area contributed by atoms with Gasteiger partial charge in [-0.1, -0.05) is 36.4 Å². The lowest BCUT2D eigenvalue weighted by Gasteiger charge is -2.03. The first-order chi connectivity index (χ1) is 8.18. The molecule has 0 aliphatic rings. The van der Waals surface area contributed by atoms with Crippen molar-refractivity contribution >= 4 is 11.6 Å². The summed E-state index contributed by atoms with van der Waals surface area (Å²) in [4.78, 5) is 11.9. The van der Waals surface area contributed by atoms with Crippen molar-refractivity contribution in [2.75, 3.05) is 5.32 Å². The third-order valence-electron chi connectivity index (χ3n) is 1.91. The van der Waals surface area contributed by atoms with Crippen LogP contribution in [-0.2, 0) is 0 Å². The number of benzene rings is 2. The number of hydrogen-bond donors (Lipinski definition) is 1. The van der Waals surface area contributed by atoms with Crippen LogP contribution in [0.1, 0.15) is 13.1 Å². The van der Waals surface area contributed by atoms with Gasteiger partial charge in [0.1, 0.15) is 0 Å². The molecule has 2 heteroatoms. The second-order valence-electron chi connectivity index (χ2n) is 3.01. The molecule has 0 atom stereocenters. The van der Waals surface area contributed by atoms with Crippen molar-refractivity contribution in [1.29, 1.82) is 0 Å². The summed E-state index contributed by atoms with van der Waals surface area (Å²) in [5, 5.41) is 2.62. The minimum absolute atomic E-state index is 0.174. The summed E-state index contributed by atoms with van der Waals surface area (Å²) in [6.07, 6.45) is 0. The molecule has 0 aliphatic heterocycles. The summed E-state index contributed by atoms with van der Waals surface area (Å²) >= 11 is 0. The Hall–Kier alpha value is -2.09. The zero-order valence-corrected chi connectivity index (χ0v) is 8.03. The molecule has 2 aromatic carbocycles. The number of rotatable bonds is 2. The van der Waals surface area contributed by atoms with Crippen LogP contribution in [0.3, 0.4) is 0 Å². The van der Waals surface area contributed by atoms with Gasteiger partial charge in [0.2, 0.25) is 0 Å². The van der Waals surface area contributed by atoms with Gasteiger partial charge in [-0.05, 0) is 24.2 Å². The van der Waals surface area contributed by atoms with Gasteiger partial charge in [0.05, 0.1) is 2.74 Å². The van der Waals surface area contributed by atoms with E-state index in [0.717, 1.165) is 0 Å². The molecule has 1 amide bonds. The van der Waals surface area contributed by atoms with E-state index >= 15 is 0 Å². The molecule has 0 spiro atoms. The predicted octanol–water partition coefficient (Wildman–Crippen LogP) is 2.94. The minimum Gasteiger partial charge on any atom is -0.322 e. The molecular weight excluding hydrogens is 186 g/mol. The molecule has 74 valence electrons. The second kappa shape index (κ2) is 4.42.